The SMILES string of the molecule is CSc1ncc(C(=O)O[C@H](C)c2nc3ccccc3c(=O)[nH]2)n1-c1ccc(F)cc1. The van der Waals surface area contributed by atoms with Crippen molar-refractivity contribution in [1.29, 1.82) is 0 Å². The number of imidazole rings is 1. The first-order valence-corrected chi connectivity index (χ1v) is 10.3. The van der Waals surface area contributed by atoms with Crippen LogP contribution in [0.5, 0.6) is 0 Å². The Hall–Kier alpha value is -3.46. The van der Waals surface area contributed by atoms with Crippen molar-refractivity contribution >= 4 is 28.6 Å². The molecule has 4 aromatic rings. The van der Waals surface area contributed by atoms with Crippen LogP contribution < -0.4 is 5.56 Å². The average molecular weight is 424 g/mol. The highest BCUT2D eigenvalue weighted by Crippen LogP contribution is 2.24. The van der Waals surface area contributed by atoms with Crippen molar-refractivity contribution in [2.45, 2.75) is 18.2 Å². The van der Waals surface area contributed by atoms with Crippen LogP contribution in [0.25, 0.3) is 16.6 Å². The van der Waals surface area contributed by atoms with Gasteiger partial charge in [-0.15, -0.1) is 0 Å². The van der Waals surface area contributed by atoms with Crippen LogP contribution in [0.2, 0.25) is 0 Å². The van der Waals surface area contributed by atoms with Gasteiger partial charge in [0.15, 0.2) is 22.8 Å². The summed E-state index contributed by atoms with van der Waals surface area (Å²) in [4.78, 5) is 36.5. The van der Waals surface area contributed by atoms with E-state index >= 15 is 0 Å². The zero-order chi connectivity index (χ0) is 21.3. The summed E-state index contributed by atoms with van der Waals surface area (Å²) in [5.74, 6) is -0.783. The van der Waals surface area contributed by atoms with Gasteiger partial charge >= 0.3 is 5.97 Å². The number of halogens is 1. The topological polar surface area (TPSA) is 89.9 Å². The van der Waals surface area contributed by atoms with Gasteiger partial charge in [0.1, 0.15) is 5.82 Å². The van der Waals surface area contributed by atoms with Crippen molar-refractivity contribution in [3.63, 3.8) is 0 Å². The Morgan fingerprint density at radius 1 is 1.20 bits per heavy atom. The molecule has 0 bridgehead atoms. The number of ether oxygens (including phenoxy) is 1. The number of carbonyl (C=O) groups excluding carboxylic acids is 1. The predicted octanol–water partition coefficient (Wildman–Crippen LogP) is 3.89. The fourth-order valence-corrected chi connectivity index (χ4v) is 3.58. The summed E-state index contributed by atoms with van der Waals surface area (Å²) < 4.78 is 20.5. The van der Waals surface area contributed by atoms with Crippen LogP contribution >= 0.6 is 11.8 Å². The number of hydrogen-bond acceptors (Lipinski definition) is 6. The Morgan fingerprint density at radius 3 is 2.67 bits per heavy atom. The van der Waals surface area contributed by atoms with E-state index in [0.717, 1.165) is 0 Å². The van der Waals surface area contributed by atoms with Crippen molar-refractivity contribution in [2.75, 3.05) is 6.26 Å². The number of hydrogen-bond donors (Lipinski definition) is 1. The molecule has 0 aliphatic heterocycles. The third kappa shape index (κ3) is 3.71. The summed E-state index contributed by atoms with van der Waals surface area (Å²) in [7, 11) is 0. The van der Waals surface area contributed by atoms with E-state index in [1.54, 1.807) is 47.9 Å². The minimum atomic E-state index is -0.802. The van der Waals surface area contributed by atoms with Gasteiger partial charge in [-0.2, -0.15) is 0 Å². The number of H-pyrrole nitrogens is 1. The number of aromatic nitrogens is 4. The van der Waals surface area contributed by atoms with E-state index in [1.165, 1.54) is 30.1 Å². The fourth-order valence-electron chi connectivity index (χ4n) is 3.04. The molecule has 0 aliphatic rings. The van der Waals surface area contributed by atoms with Crippen LogP contribution in [0.3, 0.4) is 0 Å². The number of carbonyl (C=O) groups is 1. The number of thioether (sulfide) groups is 1. The van der Waals surface area contributed by atoms with Gasteiger partial charge in [-0.05, 0) is 49.6 Å². The van der Waals surface area contributed by atoms with Crippen molar-refractivity contribution < 1.29 is 13.9 Å². The van der Waals surface area contributed by atoms with Crippen molar-refractivity contribution in [1.82, 2.24) is 19.5 Å². The Balaban J connectivity index is 1.65. The van der Waals surface area contributed by atoms with E-state index in [2.05, 4.69) is 15.0 Å². The lowest BCUT2D eigenvalue weighted by molar-refractivity contribution is 0.0309. The molecule has 1 N–H and O–H groups in total. The van der Waals surface area contributed by atoms with Gasteiger partial charge in [0.25, 0.3) is 5.56 Å². The Morgan fingerprint density at radius 2 is 1.93 bits per heavy atom. The smallest absolute Gasteiger partial charge is 0.357 e. The standard InChI is InChI=1S/C21H17FN4O3S/c1-12(18-24-16-6-4-3-5-15(16)19(27)25-18)29-20(28)17-11-23-21(30-2)26(17)14-9-7-13(22)8-10-14/h3-12H,1-2H3,(H,24,25,27)/t12-/m1/s1. The molecule has 1 atom stereocenters. The van der Waals surface area contributed by atoms with Crippen LogP contribution in [-0.4, -0.2) is 31.7 Å². The highest BCUT2D eigenvalue weighted by atomic mass is 32.2. The summed E-state index contributed by atoms with van der Waals surface area (Å²) in [6.07, 6.45) is 2.43. The molecule has 0 radical (unpaired) electrons. The summed E-state index contributed by atoms with van der Waals surface area (Å²) >= 11 is 1.34. The number of nitrogens with one attached hydrogen (secondary N) is 1. The zero-order valence-corrected chi connectivity index (χ0v) is 16.9. The lowest BCUT2D eigenvalue weighted by Crippen LogP contribution is -2.19. The maximum absolute atomic E-state index is 13.3. The molecule has 4 rings (SSSR count). The largest absolute Gasteiger partial charge is 0.450 e. The third-order valence-corrected chi connectivity index (χ3v) is 5.16. The first kappa shape index (κ1) is 19.8. The molecule has 0 saturated heterocycles. The van der Waals surface area contributed by atoms with Crippen molar-refractivity contribution in [3.05, 3.63) is 82.4 Å². The van der Waals surface area contributed by atoms with Gasteiger partial charge in [0, 0.05) is 5.69 Å². The number of benzene rings is 2. The molecule has 0 spiro atoms. The molecule has 2 aromatic carbocycles. The van der Waals surface area contributed by atoms with Crippen molar-refractivity contribution in [2.24, 2.45) is 0 Å². The lowest BCUT2D eigenvalue weighted by Gasteiger charge is -2.15. The van der Waals surface area contributed by atoms with Gasteiger partial charge < -0.3 is 9.72 Å². The number of rotatable bonds is 5. The summed E-state index contributed by atoms with van der Waals surface area (Å²) in [5.41, 5.74) is 0.968. The Kier molecular flexibility index (Phi) is 5.37. The molecule has 30 heavy (non-hydrogen) atoms. The van der Waals surface area contributed by atoms with E-state index in [0.29, 0.717) is 21.7 Å². The molecular formula is C21H17FN4O3S. The van der Waals surface area contributed by atoms with E-state index in [9.17, 15) is 14.0 Å². The molecule has 0 unspecified atom stereocenters. The lowest BCUT2D eigenvalue weighted by atomic mass is 10.2. The normalized spacial score (nSPS) is 12.1. The van der Waals surface area contributed by atoms with Gasteiger partial charge in [-0.1, -0.05) is 23.9 Å². The number of esters is 1. The van der Waals surface area contributed by atoms with Crippen LogP contribution in [-0.2, 0) is 4.74 Å². The number of para-hydroxylation sites is 1. The molecule has 7 nitrogen and oxygen atoms in total. The van der Waals surface area contributed by atoms with Crippen LogP contribution in [0.15, 0.2) is 64.7 Å². The molecule has 2 heterocycles. The van der Waals surface area contributed by atoms with Gasteiger partial charge in [0.2, 0.25) is 0 Å². The minimum absolute atomic E-state index is 0.181. The highest BCUT2D eigenvalue weighted by Gasteiger charge is 2.23. The second-order valence-electron chi connectivity index (χ2n) is 6.46. The Bertz CT molecular complexity index is 1280. The summed E-state index contributed by atoms with van der Waals surface area (Å²) in [6, 6.07) is 12.6. The Labute approximate surface area is 174 Å². The first-order valence-electron chi connectivity index (χ1n) is 9.05. The zero-order valence-electron chi connectivity index (χ0n) is 16.1. The molecule has 0 amide bonds. The molecule has 0 aliphatic carbocycles. The molecule has 0 fully saturated rings. The quantitative estimate of drug-likeness (QED) is 0.386. The number of aromatic amines is 1. The second kappa shape index (κ2) is 8.11. The monoisotopic (exact) mass is 424 g/mol. The average Bonchev–Trinajstić information content (AvgIpc) is 3.18. The maximum Gasteiger partial charge on any atom is 0.357 e. The van der Waals surface area contributed by atoms with Crippen LogP contribution in [0.4, 0.5) is 4.39 Å². The van der Waals surface area contributed by atoms with Crippen molar-refractivity contribution in [3.8, 4) is 5.69 Å². The van der Waals surface area contributed by atoms with E-state index in [4.69, 9.17) is 4.74 Å². The van der Waals surface area contributed by atoms with Crippen LogP contribution in [0.1, 0.15) is 29.3 Å². The molecule has 2 aromatic heterocycles. The third-order valence-electron chi connectivity index (χ3n) is 4.51. The van der Waals surface area contributed by atoms with Gasteiger partial charge in [-0.3, -0.25) is 9.36 Å². The highest BCUT2D eigenvalue weighted by molar-refractivity contribution is 7.98. The molecule has 9 heteroatoms. The van der Waals surface area contributed by atoms with Gasteiger partial charge in [-0.25, -0.2) is 19.2 Å². The maximum atomic E-state index is 13.3. The number of nitrogens with zero attached hydrogens (tertiary/aromatic N) is 3. The van der Waals surface area contributed by atoms with E-state index in [-0.39, 0.29) is 22.9 Å². The predicted molar refractivity (Wildman–Crippen MR) is 111 cm³/mol. The second-order valence-corrected chi connectivity index (χ2v) is 7.23. The number of fused-ring (bicyclic) bond motifs is 1. The fraction of sp³-hybridized carbons (Fsp3) is 0.143. The molecule has 0 saturated carbocycles. The van der Waals surface area contributed by atoms with E-state index in [1.807, 2.05) is 6.26 Å². The van der Waals surface area contributed by atoms with Gasteiger partial charge in [0.05, 0.1) is 17.1 Å². The first-order chi connectivity index (χ1) is 14.5. The summed E-state index contributed by atoms with van der Waals surface area (Å²) in [6.45, 7) is 1.62. The molecule has 152 valence electrons. The molecular weight excluding hydrogens is 407 g/mol. The minimum Gasteiger partial charge on any atom is -0.450 e. The van der Waals surface area contributed by atoms with E-state index < -0.39 is 12.1 Å². The summed E-state index contributed by atoms with van der Waals surface area (Å²) in [5, 5.41) is 1.01. The van der Waals surface area contributed by atoms with Crippen LogP contribution in [0, 0.1) is 5.82 Å².